The summed E-state index contributed by atoms with van der Waals surface area (Å²) in [6.07, 6.45) is 3.45. The normalized spacial score (nSPS) is 24.0. The fourth-order valence-corrected chi connectivity index (χ4v) is 4.44. The van der Waals surface area contributed by atoms with Crippen LogP contribution >= 0.6 is 0 Å². The molecule has 1 heterocycles. The molecule has 1 amide bonds. The number of carbonyl (C=O) groups excluding carboxylic acids is 1. The molecule has 4 nitrogen and oxygen atoms in total. The maximum Gasteiger partial charge on any atom is 0.261 e. The maximum atomic E-state index is 12.4. The highest BCUT2D eigenvalue weighted by Gasteiger charge is 2.57. The van der Waals surface area contributed by atoms with Gasteiger partial charge in [0.15, 0.2) is 0 Å². The van der Waals surface area contributed by atoms with Crippen molar-refractivity contribution in [2.45, 2.75) is 38.5 Å². The van der Waals surface area contributed by atoms with Crippen molar-refractivity contribution in [1.29, 1.82) is 0 Å². The first-order chi connectivity index (χ1) is 11.5. The minimum atomic E-state index is -0.304. The van der Waals surface area contributed by atoms with Gasteiger partial charge in [-0.3, -0.25) is 9.59 Å². The number of aryl methyl sites for hydroxylation is 3. The Hall–Kier alpha value is -2.36. The van der Waals surface area contributed by atoms with Gasteiger partial charge in [0, 0.05) is 17.7 Å². The highest BCUT2D eigenvalue weighted by Crippen LogP contribution is 2.61. The Morgan fingerprint density at radius 1 is 1.33 bits per heavy atom. The molecule has 24 heavy (non-hydrogen) atoms. The van der Waals surface area contributed by atoms with Crippen LogP contribution in [0.3, 0.4) is 0 Å². The van der Waals surface area contributed by atoms with Gasteiger partial charge in [0.25, 0.3) is 11.5 Å². The van der Waals surface area contributed by atoms with Crippen LogP contribution in [-0.4, -0.2) is 17.4 Å². The van der Waals surface area contributed by atoms with Gasteiger partial charge in [0.05, 0.1) is 0 Å². The van der Waals surface area contributed by atoms with Gasteiger partial charge in [-0.25, -0.2) is 0 Å². The maximum absolute atomic E-state index is 12.4. The number of amides is 1. The van der Waals surface area contributed by atoms with Gasteiger partial charge in [-0.1, -0.05) is 24.3 Å². The SMILES string of the molecule is Cc1cc(C)c(C(=O)NC[C@H]2C[C@]23CCc2ccccc23)c(=O)[nH]1. The van der Waals surface area contributed by atoms with Crippen molar-refractivity contribution in [1.82, 2.24) is 10.3 Å². The smallest absolute Gasteiger partial charge is 0.261 e. The number of pyridine rings is 1. The second-order valence-electron chi connectivity index (χ2n) is 7.26. The lowest BCUT2D eigenvalue weighted by Crippen LogP contribution is -2.33. The largest absolute Gasteiger partial charge is 0.352 e. The summed E-state index contributed by atoms with van der Waals surface area (Å²) >= 11 is 0. The van der Waals surface area contributed by atoms with Crippen molar-refractivity contribution in [3.63, 3.8) is 0 Å². The molecule has 0 radical (unpaired) electrons. The van der Waals surface area contributed by atoms with Crippen LogP contribution in [0.2, 0.25) is 0 Å². The van der Waals surface area contributed by atoms with E-state index in [-0.39, 0.29) is 22.4 Å². The zero-order valence-electron chi connectivity index (χ0n) is 14.1. The van der Waals surface area contributed by atoms with Crippen molar-refractivity contribution in [3.8, 4) is 0 Å². The first kappa shape index (κ1) is 15.2. The second-order valence-corrected chi connectivity index (χ2v) is 7.26. The summed E-state index contributed by atoms with van der Waals surface area (Å²) < 4.78 is 0. The van der Waals surface area contributed by atoms with E-state index in [4.69, 9.17) is 0 Å². The molecular weight excluding hydrogens is 300 g/mol. The van der Waals surface area contributed by atoms with Gasteiger partial charge in [0.1, 0.15) is 5.56 Å². The van der Waals surface area contributed by atoms with E-state index in [1.165, 1.54) is 17.5 Å². The third-order valence-corrected chi connectivity index (χ3v) is 5.73. The number of hydrogen-bond acceptors (Lipinski definition) is 2. The molecule has 2 atom stereocenters. The number of H-pyrrole nitrogens is 1. The van der Waals surface area contributed by atoms with Gasteiger partial charge in [-0.15, -0.1) is 0 Å². The molecule has 0 aliphatic heterocycles. The molecule has 2 aliphatic carbocycles. The van der Waals surface area contributed by atoms with Gasteiger partial charge in [-0.05, 0) is 61.8 Å². The van der Waals surface area contributed by atoms with Crippen LogP contribution in [0.5, 0.6) is 0 Å². The van der Waals surface area contributed by atoms with E-state index in [0.717, 1.165) is 24.1 Å². The topological polar surface area (TPSA) is 62.0 Å². The van der Waals surface area contributed by atoms with Crippen molar-refractivity contribution < 1.29 is 4.79 Å². The third kappa shape index (κ3) is 2.29. The molecule has 2 N–H and O–H groups in total. The van der Waals surface area contributed by atoms with Crippen LogP contribution in [0.15, 0.2) is 35.1 Å². The Kier molecular flexibility index (Phi) is 3.37. The van der Waals surface area contributed by atoms with E-state index < -0.39 is 0 Å². The Morgan fingerprint density at radius 3 is 2.92 bits per heavy atom. The van der Waals surface area contributed by atoms with Crippen molar-refractivity contribution in [2.75, 3.05) is 6.54 Å². The van der Waals surface area contributed by atoms with E-state index in [2.05, 4.69) is 34.6 Å². The minimum absolute atomic E-state index is 0.238. The number of aromatic nitrogens is 1. The lowest BCUT2D eigenvalue weighted by Gasteiger charge is -2.12. The fraction of sp³-hybridized carbons (Fsp3) is 0.400. The zero-order valence-corrected chi connectivity index (χ0v) is 14.1. The number of carbonyl (C=O) groups is 1. The standard InChI is InChI=1S/C20H22N2O2/c1-12-9-13(2)22-19(24)17(12)18(23)21-11-15-10-20(15)8-7-14-5-3-4-6-16(14)20/h3-6,9,15H,7-8,10-11H2,1-2H3,(H,21,23)(H,22,24)/t15-,20-/m1/s1. The lowest BCUT2D eigenvalue weighted by molar-refractivity contribution is 0.0948. The Labute approximate surface area is 141 Å². The molecular formula is C20H22N2O2. The van der Waals surface area contributed by atoms with Crippen molar-refractivity contribution in [3.05, 3.63) is 68.6 Å². The van der Waals surface area contributed by atoms with Gasteiger partial charge in [-0.2, -0.15) is 0 Å². The summed E-state index contributed by atoms with van der Waals surface area (Å²) in [6.45, 7) is 4.27. The molecule has 0 bridgehead atoms. The van der Waals surface area contributed by atoms with E-state index in [1.54, 1.807) is 0 Å². The van der Waals surface area contributed by atoms with Crippen LogP contribution < -0.4 is 10.9 Å². The number of aromatic amines is 1. The van der Waals surface area contributed by atoms with Crippen LogP contribution in [0, 0.1) is 19.8 Å². The first-order valence-corrected chi connectivity index (χ1v) is 8.58. The third-order valence-electron chi connectivity index (χ3n) is 5.73. The van der Waals surface area contributed by atoms with Crippen LogP contribution in [0.25, 0.3) is 0 Å². The molecule has 2 aliphatic rings. The molecule has 2 aromatic rings. The lowest BCUT2D eigenvalue weighted by atomic mass is 9.95. The summed E-state index contributed by atoms with van der Waals surface area (Å²) in [4.78, 5) is 27.2. The Morgan fingerprint density at radius 2 is 2.12 bits per heavy atom. The number of hydrogen-bond donors (Lipinski definition) is 2. The number of fused-ring (bicyclic) bond motifs is 2. The molecule has 1 spiro atoms. The predicted octanol–water partition coefficient (Wildman–Crippen LogP) is 2.63. The van der Waals surface area contributed by atoms with E-state index in [9.17, 15) is 9.59 Å². The quantitative estimate of drug-likeness (QED) is 0.912. The highest BCUT2D eigenvalue weighted by atomic mass is 16.2. The van der Waals surface area contributed by atoms with Crippen LogP contribution in [0.4, 0.5) is 0 Å². The van der Waals surface area contributed by atoms with Crippen molar-refractivity contribution in [2.24, 2.45) is 5.92 Å². The van der Waals surface area contributed by atoms with E-state index in [1.807, 2.05) is 19.9 Å². The number of benzene rings is 1. The molecule has 124 valence electrons. The molecule has 0 unspecified atom stereocenters. The van der Waals surface area contributed by atoms with Crippen LogP contribution in [0.1, 0.15) is 45.6 Å². The van der Waals surface area contributed by atoms with Gasteiger partial charge < -0.3 is 10.3 Å². The van der Waals surface area contributed by atoms with E-state index in [0.29, 0.717) is 12.5 Å². The fourth-order valence-electron chi connectivity index (χ4n) is 4.44. The Balaban J connectivity index is 1.47. The molecule has 1 aromatic carbocycles. The Bertz CT molecular complexity index is 883. The molecule has 1 aromatic heterocycles. The summed E-state index contributed by atoms with van der Waals surface area (Å²) in [5, 5.41) is 2.99. The minimum Gasteiger partial charge on any atom is -0.352 e. The molecule has 1 fully saturated rings. The summed E-state index contributed by atoms with van der Waals surface area (Å²) in [7, 11) is 0. The number of rotatable bonds is 3. The summed E-state index contributed by atoms with van der Waals surface area (Å²) in [6, 6.07) is 10.5. The first-order valence-electron chi connectivity index (χ1n) is 8.58. The highest BCUT2D eigenvalue weighted by molar-refractivity contribution is 5.95. The average molecular weight is 322 g/mol. The summed E-state index contributed by atoms with van der Waals surface area (Å²) in [5.41, 5.74) is 4.62. The summed E-state index contributed by atoms with van der Waals surface area (Å²) in [5.74, 6) is 0.219. The predicted molar refractivity (Wildman–Crippen MR) is 93.4 cm³/mol. The monoisotopic (exact) mass is 322 g/mol. The average Bonchev–Trinajstić information content (AvgIpc) is 3.11. The molecule has 4 rings (SSSR count). The van der Waals surface area contributed by atoms with Gasteiger partial charge in [0.2, 0.25) is 0 Å². The second kappa shape index (κ2) is 5.33. The van der Waals surface area contributed by atoms with Crippen molar-refractivity contribution >= 4 is 5.91 Å². The van der Waals surface area contributed by atoms with Crippen LogP contribution in [-0.2, 0) is 11.8 Å². The zero-order chi connectivity index (χ0) is 16.9. The molecule has 4 heteroatoms. The molecule has 1 saturated carbocycles. The van der Waals surface area contributed by atoms with E-state index >= 15 is 0 Å². The number of nitrogens with one attached hydrogen (secondary N) is 2. The van der Waals surface area contributed by atoms with Gasteiger partial charge >= 0.3 is 0 Å². The molecule has 0 saturated heterocycles.